The summed E-state index contributed by atoms with van der Waals surface area (Å²) in [5.41, 5.74) is 0.869. The molecular weight excluding hydrogens is 402 g/mol. The first kappa shape index (κ1) is 22.5. The van der Waals surface area contributed by atoms with E-state index in [1.54, 1.807) is 0 Å². The second kappa shape index (κ2) is 10.7. The van der Waals surface area contributed by atoms with E-state index in [-0.39, 0.29) is 5.75 Å². The lowest BCUT2D eigenvalue weighted by atomic mass is 10.1. The van der Waals surface area contributed by atoms with Crippen molar-refractivity contribution in [3.8, 4) is 0 Å². The van der Waals surface area contributed by atoms with Gasteiger partial charge < -0.3 is 15.5 Å². The Labute approximate surface area is 178 Å². The molecule has 2 aromatic rings. The summed E-state index contributed by atoms with van der Waals surface area (Å²) < 4.78 is 24.7. The van der Waals surface area contributed by atoms with Gasteiger partial charge in [0.25, 0.3) is 0 Å². The van der Waals surface area contributed by atoms with Crippen molar-refractivity contribution in [1.29, 1.82) is 0 Å². The second-order valence-corrected chi connectivity index (χ2v) is 10.1. The van der Waals surface area contributed by atoms with Crippen LogP contribution in [0.2, 0.25) is 0 Å². The van der Waals surface area contributed by atoms with Gasteiger partial charge in [-0.3, -0.25) is 9.39 Å². The molecule has 0 spiro atoms. The molecule has 3 rings (SSSR count). The second-order valence-electron chi connectivity index (χ2n) is 7.80. The van der Waals surface area contributed by atoms with Gasteiger partial charge in [-0.2, -0.15) is 0 Å². The van der Waals surface area contributed by atoms with Gasteiger partial charge in [-0.25, -0.2) is 8.42 Å². The summed E-state index contributed by atoms with van der Waals surface area (Å²) in [6.45, 7) is 6.03. The highest BCUT2D eigenvalue weighted by molar-refractivity contribution is 7.90. The van der Waals surface area contributed by atoms with Crippen molar-refractivity contribution in [3.05, 3.63) is 30.2 Å². The summed E-state index contributed by atoms with van der Waals surface area (Å²) in [5, 5.41) is 15.3. The number of aryl methyl sites for hydroxylation is 1. The van der Waals surface area contributed by atoms with Crippen LogP contribution in [-0.2, 0) is 16.3 Å². The number of aliphatic imine (C=N–C) groups is 1. The van der Waals surface area contributed by atoms with E-state index in [0.29, 0.717) is 19.1 Å². The fourth-order valence-electron chi connectivity index (χ4n) is 3.60. The maximum absolute atomic E-state index is 11.3. The number of guanidine groups is 1. The topological polar surface area (TPSA) is 104 Å². The van der Waals surface area contributed by atoms with Gasteiger partial charge >= 0.3 is 0 Å². The molecule has 1 aliphatic rings. The summed E-state index contributed by atoms with van der Waals surface area (Å²) in [4.78, 5) is 6.95. The first-order chi connectivity index (χ1) is 14.4. The third-order valence-electron chi connectivity index (χ3n) is 5.26. The highest BCUT2D eigenvalue weighted by Gasteiger charge is 2.20. The maximum atomic E-state index is 11.3. The van der Waals surface area contributed by atoms with Crippen LogP contribution in [0.15, 0.2) is 29.4 Å². The molecule has 1 saturated heterocycles. The molecule has 0 radical (unpaired) electrons. The molecular formula is C20H33N7O2S. The summed E-state index contributed by atoms with van der Waals surface area (Å²) >= 11 is 0. The summed E-state index contributed by atoms with van der Waals surface area (Å²) in [6, 6.07) is 6.26. The van der Waals surface area contributed by atoms with Crippen LogP contribution in [0.1, 0.15) is 32.0 Å². The molecule has 0 aromatic carbocycles. The molecule has 0 unspecified atom stereocenters. The molecule has 166 valence electrons. The normalized spacial score (nSPS) is 16.8. The zero-order valence-electron chi connectivity index (χ0n) is 17.9. The number of piperidine rings is 1. The minimum atomic E-state index is -2.90. The number of hydrogen-bond donors (Lipinski definition) is 2. The number of nitrogens with zero attached hydrogens (tertiary/aromatic N) is 5. The summed E-state index contributed by atoms with van der Waals surface area (Å²) in [7, 11) is -2.90. The zero-order valence-corrected chi connectivity index (χ0v) is 18.7. The third-order valence-corrected chi connectivity index (χ3v) is 6.19. The van der Waals surface area contributed by atoms with Crippen molar-refractivity contribution < 1.29 is 8.42 Å². The summed E-state index contributed by atoms with van der Waals surface area (Å²) in [5.74, 6) is 2.04. The Morgan fingerprint density at radius 1 is 1.27 bits per heavy atom. The Bertz CT molecular complexity index is 934. The van der Waals surface area contributed by atoms with E-state index in [0.717, 1.165) is 62.7 Å². The Morgan fingerprint density at radius 2 is 2.07 bits per heavy atom. The lowest BCUT2D eigenvalue weighted by molar-refractivity contribution is 0.216. The van der Waals surface area contributed by atoms with Crippen molar-refractivity contribution in [2.45, 2.75) is 38.6 Å². The largest absolute Gasteiger partial charge is 0.357 e. The maximum Gasteiger partial charge on any atom is 0.191 e. The molecule has 1 aliphatic heterocycles. The van der Waals surface area contributed by atoms with E-state index < -0.39 is 9.84 Å². The van der Waals surface area contributed by atoms with Gasteiger partial charge in [0.05, 0.1) is 5.75 Å². The number of rotatable bonds is 9. The van der Waals surface area contributed by atoms with Crippen molar-refractivity contribution in [1.82, 2.24) is 30.1 Å². The van der Waals surface area contributed by atoms with Crippen LogP contribution in [0, 0.1) is 0 Å². The SMILES string of the molecule is CCNC(=NCCCc1nnc2ccccn12)NC1CCN(CCS(C)(=O)=O)CC1. The number of likely N-dealkylation sites (tertiary alicyclic amines) is 1. The van der Waals surface area contributed by atoms with E-state index in [1.165, 1.54) is 6.26 Å². The highest BCUT2D eigenvalue weighted by Crippen LogP contribution is 2.10. The lowest BCUT2D eigenvalue weighted by Crippen LogP contribution is -2.49. The van der Waals surface area contributed by atoms with Crippen molar-refractivity contribution >= 4 is 21.4 Å². The van der Waals surface area contributed by atoms with Crippen molar-refractivity contribution in [2.75, 3.05) is 44.7 Å². The molecule has 0 bridgehead atoms. The Kier molecular flexibility index (Phi) is 8.03. The highest BCUT2D eigenvalue weighted by atomic mass is 32.2. The van der Waals surface area contributed by atoms with Gasteiger partial charge in [0.2, 0.25) is 0 Å². The van der Waals surface area contributed by atoms with E-state index in [9.17, 15) is 8.42 Å². The molecule has 0 aliphatic carbocycles. The van der Waals surface area contributed by atoms with Gasteiger partial charge in [0, 0.05) is 57.6 Å². The van der Waals surface area contributed by atoms with Crippen molar-refractivity contribution in [2.24, 2.45) is 4.99 Å². The monoisotopic (exact) mass is 435 g/mol. The minimum Gasteiger partial charge on any atom is -0.357 e. The number of aromatic nitrogens is 3. The molecule has 0 amide bonds. The lowest BCUT2D eigenvalue weighted by Gasteiger charge is -2.32. The summed E-state index contributed by atoms with van der Waals surface area (Å²) in [6.07, 6.45) is 6.98. The zero-order chi connectivity index (χ0) is 21.4. The Hall–Kier alpha value is -2.20. The Balaban J connectivity index is 1.43. The molecule has 10 heteroatoms. The number of hydrogen-bond acceptors (Lipinski definition) is 6. The van der Waals surface area contributed by atoms with Crippen LogP contribution in [0.5, 0.6) is 0 Å². The minimum absolute atomic E-state index is 0.233. The number of nitrogens with one attached hydrogen (secondary N) is 2. The van der Waals surface area contributed by atoms with Gasteiger partial charge in [0.15, 0.2) is 11.6 Å². The molecule has 9 nitrogen and oxygen atoms in total. The smallest absolute Gasteiger partial charge is 0.191 e. The number of fused-ring (bicyclic) bond motifs is 1. The van der Waals surface area contributed by atoms with Gasteiger partial charge in [-0.1, -0.05) is 6.07 Å². The number of sulfone groups is 1. The molecule has 2 N–H and O–H groups in total. The van der Waals surface area contributed by atoms with Crippen LogP contribution in [0.25, 0.3) is 5.65 Å². The van der Waals surface area contributed by atoms with Crippen molar-refractivity contribution in [3.63, 3.8) is 0 Å². The standard InChI is InChI=1S/C20H33N7O2S/c1-3-21-20(23-17-9-13-26(14-10-17)15-16-30(2,28)29)22-11-6-8-19-25-24-18-7-4-5-12-27(18)19/h4-5,7,12,17H,3,6,8-11,13-16H2,1-2H3,(H2,21,22,23). The van der Waals surface area contributed by atoms with Gasteiger partial charge in [-0.05, 0) is 38.3 Å². The van der Waals surface area contributed by atoms with Crippen LogP contribution in [0.4, 0.5) is 0 Å². The Morgan fingerprint density at radius 3 is 2.80 bits per heavy atom. The van der Waals surface area contributed by atoms with Gasteiger partial charge in [0.1, 0.15) is 15.7 Å². The fraction of sp³-hybridized carbons (Fsp3) is 0.650. The van der Waals surface area contributed by atoms with Crippen LogP contribution in [-0.4, -0.2) is 84.6 Å². The molecule has 0 saturated carbocycles. The molecule has 0 atom stereocenters. The van der Waals surface area contributed by atoms with Crippen LogP contribution >= 0.6 is 0 Å². The molecule has 3 heterocycles. The average Bonchev–Trinajstić information content (AvgIpc) is 3.13. The third kappa shape index (κ3) is 6.94. The predicted molar refractivity (Wildman–Crippen MR) is 120 cm³/mol. The quantitative estimate of drug-likeness (QED) is 0.340. The number of pyridine rings is 1. The van der Waals surface area contributed by atoms with Crippen LogP contribution in [0.3, 0.4) is 0 Å². The van der Waals surface area contributed by atoms with Crippen LogP contribution < -0.4 is 10.6 Å². The fourth-order valence-corrected chi connectivity index (χ4v) is 4.19. The average molecular weight is 436 g/mol. The molecule has 2 aromatic heterocycles. The first-order valence-electron chi connectivity index (χ1n) is 10.7. The first-order valence-corrected chi connectivity index (χ1v) is 12.7. The van der Waals surface area contributed by atoms with E-state index in [2.05, 4.69) is 32.7 Å². The van der Waals surface area contributed by atoms with E-state index in [1.807, 2.05) is 28.8 Å². The van der Waals surface area contributed by atoms with E-state index in [4.69, 9.17) is 4.99 Å². The predicted octanol–water partition coefficient (Wildman–Crippen LogP) is 0.726. The molecule has 30 heavy (non-hydrogen) atoms. The van der Waals surface area contributed by atoms with Gasteiger partial charge in [-0.15, -0.1) is 10.2 Å². The molecule has 1 fully saturated rings. The van der Waals surface area contributed by atoms with E-state index >= 15 is 0 Å².